The monoisotopic (exact) mass is 338 g/mol. The van der Waals surface area contributed by atoms with Crippen LogP contribution in [0.2, 0.25) is 5.15 Å². The van der Waals surface area contributed by atoms with E-state index < -0.39 is 10.0 Å². The fourth-order valence-electron chi connectivity index (χ4n) is 1.70. The van der Waals surface area contributed by atoms with Crippen molar-refractivity contribution in [3.8, 4) is 0 Å². The topological polar surface area (TPSA) is 50.3 Å². The molecule has 1 saturated carbocycles. The summed E-state index contributed by atoms with van der Waals surface area (Å²) in [6, 6.07) is 1.62. The van der Waals surface area contributed by atoms with Gasteiger partial charge < -0.3 is 0 Å². The predicted molar refractivity (Wildman–Crippen MR) is 69.5 cm³/mol. The van der Waals surface area contributed by atoms with E-state index in [1.54, 1.807) is 0 Å². The van der Waals surface area contributed by atoms with Gasteiger partial charge in [-0.15, -0.1) is 0 Å². The lowest BCUT2D eigenvalue weighted by Crippen LogP contribution is -2.33. The molecule has 7 heteroatoms. The maximum absolute atomic E-state index is 12.4. The predicted octanol–water partition coefficient (Wildman–Crippen LogP) is 2.67. The van der Waals surface area contributed by atoms with Gasteiger partial charge in [0.15, 0.2) is 0 Å². The van der Waals surface area contributed by atoms with E-state index in [0.29, 0.717) is 11.0 Å². The second-order valence-corrected chi connectivity index (χ2v) is 7.01. The molecule has 0 N–H and O–H groups in total. The molecule has 0 aliphatic heterocycles. The Kier molecular flexibility index (Phi) is 3.77. The van der Waals surface area contributed by atoms with Crippen molar-refractivity contribution in [3.63, 3.8) is 0 Å². The van der Waals surface area contributed by atoms with Gasteiger partial charge in [0.25, 0.3) is 0 Å². The maximum Gasteiger partial charge on any atom is 0.246 e. The van der Waals surface area contributed by atoms with E-state index in [0.717, 1.165) is 12.8 Å². The van der Waals surface area contributed by atoms with Crippen LogP contribution in [0.4, 0.5) is 0 Å². The molecule has 1 aromatic rings. The third-order valence-electron chi connectivity index (χ3n) is 2.63. The Balaban J connectivity index is 2.46. The highest BCUT2D eigenvalue weighted by atomic mass is 79.9. The van der Waals surface area contributed by atoms with Crippen LogP contribution in [0, 0.1) is 0 Å². The molecule has 1 aliphatic carbocycles. The molecule has 0 saturated heterocycles. The highest BCUT2D eigenvalue weighted by molar-refractivity contribution is 9.10. The van der Waals surface area contributed by atoms with Gasteiger partial charge in [-0.25, -0.2) is 13.4 Å². The average molecular weight is 340 g/mol. The molecule has 94 valence electrons. The second-order valence-electron chi connectivity index (χ2n) is 3.88. The van der Waals surface area contributed by atoms with Crippen LogP contribution >= 0.6 is 27.5 Å². The first-order valence-electron chi connectivity index (χ1n) is 5.29. The first-order valence-corrected chi connectivity index (χ1v) is 7.90. The average Bonchev–Trinajstić information content (AvgIpc) is 3.06. The normalized spacial score (nSPS) is 16.5. The van der Waals surface area contributed by atoms with Crippen LogP contribution in [0.1, 0.15) is 19.8 Å². The number of halogens is 2. The Bertz CT molecular complexity index is 531. The van der Waals surface area contributed by atoms with Crippen LogP contribution in [0.3, 0.4) is 0 Å². The van der Waals surface area contributed by atoms with Crippen molar-refractivity contribution in [1.82, 2.24) is 9.29 Å². The van der Waals surface area contributed by atoms with Gasteiger partial charge >= 0.3 is 0 Å². The molecule has 4 nitrogen and oxygen atoms in total. The molecule has 2 rings (SSSR count). The summed E-state index contributed by atoms with van der Waals surface area (Å²) in [5.74, 6) is 0. The minimum Gasteiger partial charge on any atom is -0.242 e. The number of rotatable bonds is 4. The van der Waals surface area contributed by atoms with Crippen molar-refractivity contribution < 1.29 is 8.42 Å². The third kappa shape index (κ3) is 2.65. The van der Waals surface area contributed by atoms with E-state index in [4.69, 9.17) is 11.6 Å². The highest BCUT2D eigenvalue weighted by Gasteiger charge is 2.38. The van der Waals surface area contributed by atoms with Gasteiger partial charge in [0.2, 0.25) is 10.0 Å². The molecular formula is C10H12BrClN2O2S. The van der Waals surface area contributed by atoms with Crippen LogP contribution in [0.25, 0.3) is 0 Å². The molecule has 0 aromatic carbocycles. The Labute approximate surface area is 114 Å². The van der Waals surface area contributed by atoms with Gasteiger partial charge in [0.05, 0.1) is 0 Å². The molecular weight excluding hydrogens is 328 g/mol. The number of hydrogen-bond acceptors (Lipinski definition) is 3. The summed E-state index contributed by atoms with van der Waals surface area (Å²) in [6.45, 7) is 2.28. The van der Waals surface area contributed by atoms with Crippen LogP contribution in [0.5, 0.6) is 0 Å². The van der Waals surface area contributed by atoms with E-state index in [-0.39, 0.29) is 16.1 Å². The number of nitrogens with zero attached hydrogens (tertiary/aromatic N) is 2. The number of pyridine rings is 1. The van der Waals surface area contributed by atoms with E-state index in [2.05, 4.69) is 20.9 Å². The first-order chi connectivity index (χ1) is 7.96. The molecule has 1 aromatic heterocycles. The summed E-state index contributed by atoms with van der Waals surface area (Å²) in [4.78, 5) is 3.93. The summed E-state index contributed by atoms with van der Waals surface area (Å²) in [5.41, 5.74) is 0. The van der Waals surface area contributed by atoms with Crippen molar-refractivity contribution >= 4 is 37.6 Å². The van der Waals surface area contributed by atoms with Gasteiger partial charge in [0.1, 0.15) is 10.0 Å². The largest absolute Gasteiger partial charge is 0.246 e. The summed E-state index contributed by atoms with van der Waals surface area (Å²) in [6.07, 6.45) is 3.33. The van der Waals surface area contributed by atoms with Gasteiger partial charge in [-0.3, -0.25) is 0 Å². The molecule has 1 fully saturated rings. The first kappa shape index (κ1) is 13.3. The highest BCUT2D eigenvalue weighted by Crippen LogP contribution is 2.34. The second kappa shape index (κ2) is 4.84. The Morgan fingerprint density at radius 3 is 2.76 bits per heavy atom. The zero-order valence-electron chi connectivity index (χ0n) is 9.23. The van der Waals surface area contributed by atoms with E-state index in [9.17, 15) is 8.42 Å². The minimum atomic E-state index is -3.53. The van der Waals surface area contributed by atoms with E-state index in [1.165, 1.54) is 16.6 Å². The molecule has 0 amide bonds. The molecule has 0 spiro atoms. The fraction of sp³-hybridized carbons (Fsp3) is 0.500. The van der Waals surface area contributed by atoms with Gasteiger partial charge in [0, 0.05) is 23.3 Å². The molecule has 1 heterocycles. The standard InChI is InChI=1S/C10H12BrClN2O2S/c1-2-14(8-3-4-8)17(15,16)9-5-7(11)6-13-10(9)12/h5-6,8H,2-4H2,1H3. The van der Waals surface area contributed by atoms with Gasteiger partial charge in [-0.2, -0.15) is 4.31 Å². The molecule has 1 aliphatic rings. The zero-order valence-corrected chi connectivity index (χ0v) is 12.4. The summed E-state index contributed by atoms with van der Waals surface area (Å²) < 4.78 is 26.9. The Morgan fingerprint density at radius 1 is 1.59 bits per heavy atom. The fourth-order valence-corrected chi connectivity index (χ4v) is 4.31. The summed E-state index contributed by atoms with van der Waals surface area (Å²) in [5, 5.41) is 0.0206. The Hall–Kier alpha value is -0.170. The van der Waals surface area contributed by atoms with Crippen molar-refractivity contribution in [2.75, 3.05) is 6.54 Å². The van der Waals surface area contributed by atoms with Crippen molar-refractivity contribution in [2.45, 2.75) is 30.7 Å². The number of sulfonamides is 1. The van der Waals surface area contributed by atoms with Crippen LogP contribution in [-0.4, -0.2) is 30.3 Å². The molecule has 0 unspecified atom stereocenters. The van der Waals surface area contributed by atoms with Crippen molar-refractivity contribution in [3.05, 3.63) is 21.9 Å². The molecule has 17 heavy (non-hydrogen) atoms. The number of hydrogen-bond donors (Lipinski definition) is 0. The SMILES string of the molecule is CCN(C1CC1)S(=O)(=O)c1cc(Br)cnc1Cl. The summed E-state index contributed by atoms with van der Waals surface area (Å²) in [7, 11) is -3.53. The smallest absolute Gasteiger partial charge is 0.242 e. The zero-order chi connectivity index (χ0) is 12.6. The number of aromatic nitrogens is 1. The van der Waals surface area contributed by atoms with Crippen LogP contribution < -0.4 is 0 Å². The quantitative estimate of drug-likeness (QED) is 0.793. The maximum atomic E-state index is 12.4. The summed E-state index contributed by atoms with van der Waals surface area (Å²) >= 11 is 9.08. The third-order valence-corrected chi connectivity index (χ3v) is 5.51. The molecule has 0 atom stereocenters. The van der Waals surface area contributed by atoms with Crippen molar-refractivity contribution in [1.29, 1.82) is 0 Å². The van der Waals surface area contributed by atoms with E-state index in [1.807, 2.05) is 6.92 Å². The van der Waals surface area contributed by atoms with Gasteiger partial charge in [-0.05, 0) is 34.8 Å². The Morgan fingerprint density at radius 2 is 2.24 bits per heavy atom. The lowest BCUT2D eigenvalue weighted by molar-refractivity contribution is 0.421. The lowest BCUT2D eigenvalue weighted by Gasteiger charge is -2.20. The van der Waals surface area contributed by atoms with Crippen LogP contribution in [-0.2, 0) is 10.0 Å². The molecule has 0 bridgehead atoms. The molecule has 0 radical (unpaired) electrons. The van der Waals surface area contributed by atoms with Crippen LogP contribution in [0.15, 0.2) is 21.6 Å². The van der Waals surface area contributed by atoms with E-state index >= 15 is 0 Å². The van der Waals surface area contributed by atoms with Crippen molar-refractivity contribution in [2.24, 2.45) is 0 Å². The minimum absolute atomic E-state index is 0.0206. The lowest BCUT2D eigenvalue weighted by atomic mass is 10.5. The van der Waals surface area contributed by atoms with Gasteiger partial charge in [-0.1, -0.05) is 18.5 Å².